The van der Waals surface area contributed by atoms with Gasteiger partial charge in [-0.15, -0.1) is 0 Å². The van der Waals surface area contributed by atoms with Crippen LogP contribution in [0.25, 0.3) is 0 Å². The molecule has 2 N–H and O–H groups in total. The number of aryl methyl sites for hydroxylation is 1. The minimum Gasteiger partial charge on any atom is -0.324 e. The highest BCUT2D eigenvalue weighted by Crippen LogP contribution is 2.45. The van der Waals surface area contributed by atoms with Crippen LogP contribution < -0.4 is 10.6 Å². The van der Waals surface area contributed by atoms with E-state index >= 15 is 0 Å². The Morgan fingerprint density at radius 3 is 2.77 bits per heavy atom. The van der Waals surface area contributed by atoms with Crippen LogP contribution in [0.4, 0.5) is 29.1 Å². The molecule has 0 saturated heterocycles. The van der Waals surface area contributed by atoms with E-state index in [2.05, 4.69) is 67.0 Å². The van der Waals surface area contributed by atoms with Gasteiger partial charge >= 0.3 is 0 Å². The van der Waals surface area contributed by atoms with Crippen molar-refractivity contribution in [2.24, 2.45) is 4.36 Å². The highest BCUT2D eigenvalue weighted by molar-refractivity contribution is 7.92. The van der Waals surface area contributed by atoms with Crippen LogP contribution in [-0.2, 0) is 28.1 Å². The molecule has 10 heteroatoms. The number of nitrogens with zero attached hydrogens (tertiary/aromatic N) is 6. The lowest BCUT2D eigenvalue weighted by Gasteiger charge is -2.38. The number of pyridine rings is 1. The summed E-state index contributed by atoms with van der Waals surface area (Å²) in [7, 11) is -0.174. The second kappa shape index (κ2) is 8.59. The summed E-state index contributed by atoms with van der Waals surface area (Å²) in [5.41, 5.74) is 5.68. The van der Waals surface area contributed by atoms with Crippen LogP contribution in [0.2, 0.25) is 0 Å². The summed E-state index contributed by atoms with van der Waals surface area (Å²) < 4.78 is 16.2. The lowest BCUT2D eigenvalue weighted by atomic mass is 9.78. The molecule has 0 spiro atoms. The van der Waals surface area contributed by atoms with E-state index in [0.29, 0.717) is 23.4 Å². The smallest absolute Gasteiger partial charge is 0.229 e. The number of rotatable bonds is 5. The monoisotopic (exact) mass is 488 g/mol. The Kier molecular flexibility index (Phi) is 5.69. The van der Waals surface area contributed by atoms with E-state index in [9.17, 15) is 9.47 Å². The molecule has 0 radical (unpaired) electrons. The SMILES string of the molecule is CN1Cc2cc(Nc3ncc(C#N)c(Nc4cccc(N=S(C)(C)=O)n4)n3)cc3c2[C@@](C)(CC3)C1. The summed E-state index contributed by atoms with van der Waals surface area (Å²) >= 11 is 0. The Hall–Kier alpha value is -3.55. The number of benzene rings is 1. The second-order valence-electron chi connectivity index (χ2n) is 9.87. The summed E-state index contributed by atoms with van der Waals surface area (Å²) in [6, 6.07) is 11.7. The van der Waals surface area contributed by atoms with Gasteiger partial charge in [-0.25, -0.2) is 14.2 Å². The van der Waals surface area contributed by atoms with Crippen LogP contribution in [0, 0.1) is 11.3 Å². The van der Waals surface area contributed by atoms with Crippen molar-refractivity contribution in [1.29, 1.82) is 5.26 Å². The number of nitrogens with one attached hydrogen (secondary N) is 2. The first kappa shape index (κ1) is 23.2. The Bertz CT molecular complexity index is 1480. The fourth-order valence-electron chi connectivity index (χ4n) is 5.21. The van der Waals surface area contributed by atoms with Gasteiger partial charge in [0.2, 0.25) is 5.95 Å². The molecule has 180 valence electrons. The van der Waals surface area contributed by atoms with Crippen LogP contribution in [0.3, 0.4) is 0 Å². The van der Waals surface area contributed by atoms with Gasteiger partial charge in [0, 0.05) is 46.4 Å². The van der Waals surface area contributed by atoms with Crippen molar-refractivity contribution >= 4 is 38.8 Å². The molecule has 1 aliphatic heterocycles. The molecule has 0 fully saturated rings. The molecule has 2 aliphatic rings. The molecule has 0 bridgehead atoms. The molecular weight excluding hydrogens is 460 g/mol. The molecule has 5 rings (SSSR count). The normalized spacial score (nSPS) is 19.1. The van der Waals surface area contributed by atoms with Crippen molar-refractivity contribution in [2.75, 3.05) is 36.7 Å². The first-order valence-electron chi connectivity index (χ1n) is 11.4. The van der Waals surface area contributed by atoms with Gasteiger partial charge < -0.3 is 15.5 Å². The lowest BCUT2D eigenvalue weighted by Crippen LogP contribution is -2.40. The van der Waals surface area contributed by atoms with Gasteiger partial charge in [0.1, 0.15) is 17.5 Å². The van der Waals surface area contributed by atoms with Gasteiger partial charge in [0.05, 0.1) is 6.20 Å². The van der Waals surface area contributed by atoms with E-state index in [1.807, 2.05) is 0 Å². The zero-order chi connectivity index (χ0) is 24.8. The number of anilines is 4. The van der Waals surface area contributed by atoms with Gasteiger partial charge in [-0.05, 0) is 60.8 Å². The molecule has 1 atom stereocenters. The third-order valence-electron chi connectivity index (χ3n) is 6.37. The van der Waals surface area contributed by atoms with Crippen LogP contribution in [0.5, 0.6) is 0 Å². The topological polar surface area (TPSA) is 119 Å². The quantitative estimate of drug-likeness (QED) is 0.547. The van der Waals surface area contributed by atoms with Crippen LogP contribution in [0.1, 0.15) is 35.6 Å². The van der Waals surface area contributed by atoms with E-state index in [0.717, 1.165) is 31.6 Å². The second-order valence-corrected chi connectivity index (χ2v) is 12.4. The first-order valence-corrected chi connectivity index (χ1v) is 13.8. The van der Waals surface area contributed by atoms with Crippen LogP contribution in [0.15, 0.2) is 40.9 Å². The summed E-state index contributed by atoms with van der Waals surface area (Å²) in [6.07, 6.45) is 6.82. The van der Waals surface area contributed by atoms with Crippen molar-refractivity contribution in [3.8, 4) is 6.07 Å². The number of aromatic nitrogens is 3. The molecule has 3 heterocycles. The fraction of sp³-hybridized carbons (Fsp3) is 0.360. The molecule has 0 unspecified atom stereocenters. The Balaban J connectivity index is 1.44. The standard InChI is InChI=1S/C25H28N8OS/c1-25-9-8-16-10-19(11-17(22(16)25)14-33(2)15-25)28-24-27-13-18(12-26)23(31-24)30-20-6-5-7-21(29-20)32-35(3,4)34/h5-7,10-11,13H,8-9,14-15H2,1-4H3,(H2,27,28,29,30,31)/t25-/m0/s1. The molecule has 35 heavy (non-hydrogen) atoms. The van der Waals surface area contributed by atoms with Gasteiger partial charge in [-0.2, -0.15) is 14.6 Å². The van der Waals surface area contributed by atoms with Crippen LogP contribution >= 0.6 is 0 Å². The average Bonchev–Trinajstić information content (AvgIpc) is 3.09. The summed E-state index contributed by atoms with van der Waals surface area (Å²) in [5, 5.41) is 16.0. The predicted octanol–water partition coefficient (Wildman–Crippen LogP) is 4.24. The molecule has 0 saturated carbocycles. The zero-order valence-corrected chi connectivity index (χ0v) is 21.1. The van der Waals surface area contributed by atoms with E-state index in [-0.39, 0.29) is 11.0 Å². The molecule has 1 aromatic carbocycles. The maximum Gasteiger partial charge on any atom is 0.229 e. The minimum absolute atomic E-state index is 0.217. The number of hydrogen-bond acceptors (Lipinski definition) is 9. The number of nitriles is 1. The largest absolute Gasteiger partial charge is 0.324 e. The van der Waals surface area contributed by atoms with Gasteiger partial charge in [-0.1, -0.05) is 13.0 Å². The van der Waals surface area contributed by atoms with E-state index < -0.39 is 9.73 Å². The molecule has 0 amide bonds. The van der Waals surface area contributed by atoms with Crippen molar-refractivity contribution in [2.45, 2.75) is 31.7 Å². The molecule has 2 aromatic heterocycles. The van der Waals surface area contributed by atoms with Gasteiger partial charge in [-0.3, -0.25) is 0 Å². The van der Waals surface area contributed by atoms with Crippen molar-refractivity contribution < 1.29 is 4.21 Å². The fourth-order valence-corrected chi connectivity index (χ4v) is 5.76. The lowest BCUT2D eigenvalue weighted by molar-refractivity contribution is 0.224. The first-order chi connectivity index (χ1) is 16.6. The number of likely N-dealkylation sites (N-methyl/N-ethyl adjacent to an activating group) is 1. The average molecular weight is 489 g/mol. The Morgan fingerprint density at radius 1 is 1.20 bits per heavy atom. The van der Waals surface area contributed by atoms with E-state index in [4.69, 9.17) is 0 Å². The van der Waals surface area contributed by atoms with E-state index in [1.165, 1.54) is 22.9 Å². The highest BCUT2D eigenvalue weighted by atomic mass is 32.2. The summed E-state index contributed by atoms with van der Waals surface area (Å²) in [4.78, 5) is 15.7. The highest BCUT2D eigenvalue weighted by Gasteiger charge is 2.40. The third-order valence-corrected chi connectivity index (χ3v) is 7.00. The van der Waals surface area contributed by atoms with Gasteiger partial charge in [0.25, 0.3) is 0 Å². The maximum absolute atomic E-state index is 12.0. The molecular formula is C25H28N8OS. The van der Waals surface area contributed by atoms with E-state index in [1.54, 1.807) is 30.7 Å². The Morgan fingerprint density at radius 2 is 2.00 bits per heavy atom. The predicted molar refractivity (Wildman–Crippen MR) is 138 cm³/mol. The number of hydrogen-bond donors (Lipinski definition) is 2. The maximum atomic E-state index is 12.0. The minimum atomic E-state index is -2.34. The summed E-state index contributed by atoms with van der Waals surface area (Å²) in [5.74, 6) is 1.51. The Labute approximate surface area is 205 Å². The summed E-state index contributed by atoms with van der Waals surface area (Å²) in [6.45, 7) is 4.37. The van der Waals surface area contributed by atoms with Crippen molar-refractivity contribution in [3.05, 3.63) is 58.8 Å². The molecule has 9 nitrogen and oxygen atoms in total. The van der Waals surface area contributed by atoms with Gasteiger partial charge in [0.15, 0.2) is 11.6 Å². The molecule has 1 aliphatic carbocycles. The van der Waals surface area contributed by atoms with Crippen LogP contribution in [-0.4, -0.2) is 50.2 Å². The zero-order valence-electron chi connectivity index (χ0n) is 20.3. The van der Waals surface area contributed by atoms with Crippen molar-refractivity contribution in [3.63, 3.8) is 0 Å². The molecule has 3 aromatic rings. The third kappa shape index (κ3) is 4.83. The van der Waals surface area contributed by atoms with Crippen molar-refractivity contribution in [1.82, 2.24) is 19.9 Å².